The molecule has 1 aliphatic rings. The van der Waals surface area contributed by atoms with Crippen molar-refractivity contribution in [1.29, 1.82) is 0 Å². The highest BCUT2D eigenvalue weighted by atomic mass is 16.3. The van der Waals surface area contributed by atoms with Crippen LogP contribution in [0.5, 0.6) is 0 Å². The summed E-state index contributed by atoms with van der Waals surface area (Å²) in [6.45, 7) is 0. The second kappa shape index (κ2) is 19.4. The number of aromatic nitrogens is 1. The van der Waals surface area contributed by atoms with Crippen LogP contribution in [-0.2, 0) is 0 Å². The van der Waals surface area contributed by atoms with Gasteiger partial charge in [-0.05, 0) is 146 Å². The van der Waals surface area contributed by atoms with E-state index in [-0.39, 0.29) is 0 Å². The summed E-state index contributed by atoms with van der Waals surface area (Å²) in [5, 5.41) is 7.30. The average molecular weight is 1010 g/mol. The Bertz CT molecular complexity index is 4650. The molecular weight excluding hydrogens is 957 g/mol. The first-order chi connectivity index (χ1) is 39.1. The van der Waals surface area contributed by atoms with Gasteiger partial charge in [-0.25, -0.2) is 0 Å². The SMILES string of the molecule is C1=CCC(c2ccc3c(c2)c2ccc(-c4cccc5ccccc45)cc2n3-c2cccc(-c3ccc(-c4ccc(N(c5ccc(-c6ccccc6)cc5)c5ccc(-c6cccc7c6oc6ccccc67)cc5)cc4)cc3)c2)C=C1. The second-order valence-corrected chi connectivity index (χ2v) is 20.8. The van der Waals surface area contributed by atoms with Crippen LogP contribution in [0, 0.1) is 0 Å². The zero-order chi connectivity index (χ0) is 52.2. The minimum Gasteiger partial charge on any atom is -0.455 e. The fraction of sp³-hybridized carbons (Fsp3) is 0.0263. The molecule has 0 radical (unpaired) electrons. The van der Waals surface area contributed by atoms with Crippen LogP contribution in [0.2, 0.25) is 0 Å². The summed E-state index contributed by atoms with van der Waals surface area (Å²) >= 11 is 0. The third-order valence-corrected chi connectivity index (χ3v) is 16.2. The van der Waals surface area contributed by atoms with Crippen molar-refractivity contribution in [3.63, 3.8) is 0 Å². The second-order valence-electron chi connectivity index (χ2n) is 20.8. The van der Waals surface area contributed by atoms with E-state index < -0.39 is 0 Å². The summed E-state index contributed by atoms with van der Waals surface area (Å²) in [4.78, 5) is 2.34. The zero-order valence-corrected chi connectivity index (χ0v) is 43.4. The maximum Gasteiger partial charge on any atom is 0.143 e. The predicted molar refractivity (Wildman–Crippen MR) is 333 cm³/mol. The average Bonchev–Trinajstić information content (AvgIpc) is 4.31. The number of fused-ring (bicyclic) bond motifs is 7. The van der Waals surface area contributed by atoms with Gasteiger partial charge in [0, 0.05) is 55.8 Å². The van der Waals surface area contributed by atoms with Crippen molar-refractivity contribution in [1.82, 2.24) is 4.57 Å². The van der Waals surface area contributed by atoms with Crippen molar-refractivity contribution in [2.45, 2.75) is 12.3 Å². The number of hydrogen-bond donors (Lipinski definition) is 0. The van der Waals surface area contributed by atoms with E-state index in [1.807, 2.05) is 12.1 Å². The fourth-order valence-electron chi connectivity index (χ4n) is 12.1. The number of rotatable bonds is 10. The number of anilines is 3. The Labute approximate surface area is 459 Å². The van der Waals surface area contributed by atoms with E-state index in [1.54, 1.807) is 0 Å². The molecule has 1 unspecified atom stereocenters. The number of benzene rings is 12. The van der Waals surface area contributed by atoms with Crippen LogP contribution in [0.15, 0.2) is 302 Å². The molecule has 3 heteroatoms. The van der Waals surface area contributed by atoms with Gasteiger partial charge in [-0.3, -0.25) is 0 Å². The third kappa shape index (κ3) is 8.32. The Balaban J connectivity index is 0.757. The first-order valence-corrected chi connectivity index (χ1v) is 27.3. The molecule has 372 valence electrons. The molecule has 14 aromatic rings. The number of furan rings is 1. The van der Waals surface area contributed by atoms with E-state index in [1.165, 1.54) is 71.5 Å². The van der Waals surface area contributed by atoms with E-state index in [0.29, 0.717) is 5.92 Å². The van der Waals surface area contributed by atoms with Crippen LogP contribution in [0.3, 0.4) is 0 Å². The summed E-state index contributed by atoms with van der Waals surface area (Å²) in [5.41, 5.74) is 21.6. The molecule has 0 spiro atoms. The summed E-state index contributed by atoms with van der Waals surface area (Å²) in [6.07, 6.45) is 9.96. The molecule has 1 aliphatic carbocycles. The molecule has 0 bridgehead atoms. The Hall–Kier alpha value is -10.2. The van der Waals surface area contributed by atoms with Crippen LogP contribution in [0.1, 0.15) is 17.9 Å². The van der Waals surface area contributed by atoms with Crippen molar-refractivity contribution < 1.29 is 4.42 Å². The number of para-hydroxylation sites is 2. The van der Waals surface area contributed by atoms with Gasteiger partial charge in [0.1, 0.15) is 11.2 Å². The van der Waals surface area contributed by atoms with Gasteiger partial charge in [-0.15, -0.1) is 0 Å². The summed E-state index contributed by atoms with van der Waals surface area (Å²) < 4.78 is 8.92. The number of allylic oxidation sites excluding steroid dienone is 4. The molecule has 0 aliphatic heterocycles. The molecule has 0 fully saturated rings. The quantitative estimate of drug-likeness (QED) is 0.136. The summed E-state index contributed by atoms with van der Waals surface area (Å²) in [6, 6.07) is 99.5. The molecule has 3 nitrogen and oxygen atoms in total. The largest absolute Gasteiger partial charge is 0.455 e. The Morgan fingerprint density at radius 3 is 1.66 bits per heavy atom. The summed E-state index contributed by atoms with van der Waals surface area (Å²) in [5.74, 6) is 0.367. The third-order valence-electron chi connectivity index (χ3n) is 16.2. The lowest BCUT2D eigenvalue weighted by atomic mass is 9.91. The molecule has 0 N–H and O–H groups in total. The molecule has 0 saturated heterocycles. The molecule has 1 atom stereocenters. The van der Waals surface area contributed by atoms with Gasteiger partial charge in [-0.2, -0.15) is 0 Å². The highest BCUT2D eigenvalue weighted by molar-refractivity contribution is 6.12. The Kier molecular flexibility index (Phi) is 11.3. The van der Waals surface area contributed by atoms with Crippen LogP contribution >= 0.6 is 0 Å². The fourth-order valence-corrected chi connectivity index (χ4v) is 12.1. The first kappa shape index (κ1) is 46.1. The predicted octanol–water partition coefficient (Wildman–Crippen LogP) is 21.2. The molecule has 0 amide bonds. The highest BCUT2D eigenvalue weighted by Crippen LogP contribution is 2.43. The van der Waals surface area contributed by atoms with Crippen LogP contribution < -0.4 is 4.90 Å². The van der Waals surface area contributed by atoms with Crippen molar-refractivity contribution in [3.8, 4) is 61.3 Å². The van der Waals surface area contributed by atoms with E-state index in [0.717, 1.165) is 73.4 Å². The topological polar surface area (TPSA) is 21.3 Å². The van der Waals surface area contributed by atoms with E-state index in [2.05, 4.69) is 295 Å². The maximum atomic E-state index is 6.45. The molecule has 79 heavy (non-hydrogen) atoms. The minimum absolute atomic E-state index is 0.367. The number of nitrogens with zero attached hydrogens (tertiary/aromatic N) is 2. The lowest BCUT2D eigenvalue weighted by Gasteiger charge is -2.26. The summed E-state index contributed by atoms with van der Waals surface area (Å²) in [7, 11) is 0. The van der Waals surface area contributed by atoms with Crippen LogP contribution in [0.25, 0.3) is 116 Å². The van der Waals surface area contributed by atoms with Gasteiger partial charge < -0.3 is 13.9 Å². The van der Waals surface area contributed by atoms with Gasteiger partial charge in [-0.1, -0.05) is 224 Å². The molecule has 15 rings (SSSR count). The van der Waals surface area contributed by atoms with Gasteiger partial charge in [0.2, 0.25) is 0 Å². The Morgan fingerprint density at radius 2 is 0.924 bits per heavy atom. The van der Waals surface area contributed by atoms with Crippen molar-refractivity contribution in [2.75, 3.05) is 4.90 Å². The maximum absolute atomic E-state index is 6.45. The van der Waals surface area contributed by atoms with Gasteiger partial charge in [0.05, 0.1) is 11.0 Å². The molecule has 12 aromatic carbocycles. The van der Waals surface area contributed by atoms with E-state index in [4.69, 9.17) is 4.42 Å². The van der Waals surface area contributed by atoms with E-state index >= 15 is 0 Å². The van der Waals surface area contributed by atoms with Crippen molar-refractivity contribution in [2.24, 2.45) is 0 Å². The molecular formula is C76H52N2O. The highest BCUT2D eigenvalue weighted by Gasteiger charge is 2.20. The Morgan fingerprint density at radius 1 is 0.354 bits per heavy atom. The number of hydrogen-bond acceptors (Lipinski definition) is 2. The standard InChI is InChI=1S/C76H52N2O/c1-3-14-51(15-4-1)54-32-40-62(41-33-54)77(64-44-36-58(37-45-64)68-25-13-26-71-70-23-9-10-27-75(70)79-76(68)71)63-42-34-55(35-43-63)53-28-30-56(31-29-53)59-20-11-21-65(48-59)78-73-47-39-60(52-16-5-2-6-17-52)49-72(73)69-46-38-61(50-74(69)78)67-24-12-19-57-18-7-8-22-66(57)67/h1-16,18-50,52H,17H2. The zero-order valence-electron chi connectivity index (χ0n) is 43.4. The van der Waals surface area contributed by atoms with Crippen LogP contribution in [0.4, 0.5) is 17.1 Å². The van der Waals surface area contributed by atoms with Crippen molar-refractivity contribution >= 4 is 71.6 Å². The lowest BCUT2D eigenvalue weighted by Crippen LogP contribution is -2.09. The van der Waals surface area contributed by atoms with Crippen LogP contribution in [-0.4, -0.2) is 4.57 Å². The van der Waals surface area contributed by atoms with Crippen molar-refractivity contribution in [3.05, 3.63) is 303 Å². The van der Waals surface area contributed by atoms with Gasteiger partial charge >= 0.3 is 0 Å². The van der Waals surface area contributed by atoms with Gasteiger partial charge in [0.15, 0.2) is 0 Å². The monoisotopic (exact) mass is 1010 g/mol. The lowest BCUT2D eigenvalue weighted by molar-refractivity contribution is 0.670. The minimum atomic E-state index is 0.367. The normalized spacial score (nSPS) is 13.3. The van der Waals surface area contributed by atoms with E-state index in [9.17, 15) is 0 Å². The molecule has 0 saturated carbocycles. The molecule has 2 aromatic heterocycles. The molecule has 2 heterocycles. The smallest absolute Gasteiger partial charge is 0.143 e. The van der Waals surface area contributed by atoms with Gasteiger partial charge in [0.25, 0.3) is 0 Å². The first-order valence-electron chi connectivity index (χ1n) is 27.3.